The molecule has 0 rings (SSSR count). The Morgan fingerprint density at radius 3 is 1.13 bits per heavy atom. The summed E-state index contributed by atoms with van der Waals surface area (Å²) in [7, 11) is 0. The average molecular weight is 553 g/mol. The molecule has 0 aliphatic rings. The lowest BCUT2D eigenvalue weighted by molar-refractivity contribution is -0.146. The van der Waals surface area contributed by atoms with E-state index >= 15 is 0 Å². The van der Waals surface area contributed by atoms with Gasteiger partial charge in [0.25, 0.3) is 0 Å². The number of rotatable bonds is 31. The van der Waals surface area contributed by atoms with E-state index in [4.69, 9.17) is 39.4 Å². The van der Waals surface area contributed by atoms with Crippen LogP contribution in [-0.4, -0.2) is 103 Å². The van der Waals surface area contributed by atoms with Crippen LogP contribution in [0.4, 0.5) is 0 Å². The number of unbranched alkanes of at least 4 members (excludes halogenated alkanes) is 8. The van der Waals surface area contributed by atoms with E-state index in [0.717, 1.165) is 96.3 Å². The van der Waals surface area contributed by atoms with E-state index < -0.39 is 6.29 Å². The van der Waals surface area contributed by atoms with Gasteiger partial charge < -0.3 is 44.5 Å². The normalized spacial score (nSPS) is 15.0. The van der Waals surface area contributed by atoms with Crippen LogP contribution in [-0.2, 0) is 18.9 Å². The first-order chi connectivity index (χ1) is 18.6. The molecule has 4 atom stereocenters. The van der Waals surface area contributed by atoms with E-state index in [9.17, 15) is 5.11 Å². The van der Waals surface area contributed by atoms with Crippen molar-refractivity contribution in [2.75, 3.05) is 52.9 Å². The highest BCUT2D eigenvalue weighted by atomic mass is 16.6. The van der Waals surface area contributed by atoms with Gasteiger partial charge in [0.1, 0.15) is 0 Å². The monoisotopic (exact) mass is 552 g/mol. The molecule has 0 aromatic heterocycles. The highest BCUT2D eigenvalue weighted by molar-refractivity contribution is 4.66. The Hall–Kier alpha value is -0.360. The molecule has 0 amide bonds. The Balaban J connectivity index is 4.85. The van der Waals surface area contributed by atoms with Gasteiger partial charge in [0.15, 0.2) is 6.29 Å². The summed E-state index contributed by atoms with van der Waals surface area (Å²) in [5.41, 5.74) is 0. The third-order valence-electron chi connectivity index (χ3n) is 6.57. The zero-order chi connectivity index (χ0) is 28.1. The molecule has 0 spiro atoms. The predicted molar refractivity (Wildman–Crippen MR) is 149 cm³/mol. The van der Waals surface area contributed by atoms with Crippen LogP contribution in [0, 0.1) is 0 Å². The molecule has 230 valence electrons. The zero-order valence-corrected chi connectivity index (χ0v) is 24.1. The first-order valence-electron chi connectivity index (χ1n) is 15.2. The van der Waals surface area contributed by atoms with Crippen LogP contribution in [0.3, 0.4) is 0 Å². The number of aliphatic hydroxyl groups is 5. The van der Waals surface area contributed by atoms with Crippen molar-refractivity contribution < 1.29 is 44.5 Å². The summed E-state index contributed by atoms with van der Waals surface area (Å²) in [6.07, 6.45) is 12.3. The second kappa shape index (κ2) is 29.6. The highest BCUT2D eigenvalue weighted by Crippen LogP contribution is 2.16. The van der Waals surface area contributed by atoms with Gasteiger partial charge in [0.2, 0.25) is 0 Å². The van der Waals surface area contributed by atoms with Crippen molar-refractivity contribution in [1.82, 2.24) is 0 Å². The maximum absolute atomic E-state index is 10.2. The van der Waals surface area contributed by atoms with Gasteiger partial charge in [0, 0.05) is 33.0 Å². The first-order valence-corrected chi connectivity index (χ1v) is 15.2. The van der Waals surface area contributed by atoms with Gasteiger partial charge in [-0.3, -0.25) is 0 Å². The maximum atomic E-state index is 10.2. The minimum absolute atomic E-state index is 0.0113. The molecule has 4 unspecified atom stereocenters. The van der Waals surface area contributed by atoms with E-state index in [1.165, 1.54) is 0 Å². The van der Waals surface area contributed by atoms with Crippen molar-refractivity contribution >= 4 is 0 Å². The van der Waals surface area contributed by atoms with Crippen molar-refractivity contribution in [2.24, 2.45) is 0 Å². The Bertz CT molecular complexity index is 456. The van der Waals surface area contributed by atoms with E-state index in [2.05, 4.69) is 0 Å². The van der Waals surface area contributed by atoms with Crippen molar-refractivity contribution in [1.29, 1.82) is 0 Å². The van der Waals surface area contributed by atoms with Crippen LogP contribution in [0.5, 0.6) is 0 Å². The van der Waals surface area contributed by atoms with Gasteiger partial charge >= 0.3 is 0 Å². The first kappa shape index (κ1) is 37.6. The quantitative estimate of drug-likeness (QED) is 0.0643. The molecule has 0 fully saturated rings. The molecule has 0 aliphatic heterocycles. The largest absolute Gasteiger partial charge is 0.396 e. The second-order valence-corrected chi connectivity index (χ2v) is 10.1. The molecule has 0 radical (unpaired) electrons. The zero-order valence-electron chi connectivity index (χ0n) is 24.1. The van der Waals surface area contributed by atoms with Crippen LogP contribution in [0.25, 0.3) is 0 Å². The molecule has 5 N–H and O–H groups in total. The van der Waals surface area contributed by atoms with Gasteiger partial charge in [-0.1, -0.05) is 44.9 Å². The topological polar surface area (TPSA) is 138 Å². The summed E-state index contributed by atoms with van der Waals surface area (Å²) in [5, 5.41) is 46.3. The van der Waals surface area contributed by atoms with Crippen LogP contribution in [0.15, 0.2) is 0 Å². The lowest BCUT2D eigenvalue weighted by atomic mass is 10.1. The second-order valence-electron chi connectivity index (χ2n) is 10.1. The number of aliphatic hydroxyl groups excluding tert-OH is 5. The molecular formula is C29H60O9. The van der Waals surface area contributed by atoms with Crippen molar-refractivity contribution in [3.8, 4) is 0 Å². The summed E-state index contributed by atoms with van der Waals surface area (Å²) >= 11 is 0. The Morgan fingerprint density at radius 2 is 0.763 bits per heavy atom. The van der Waals surface area contributed by atoms with Crippen LogP contribution < -0.4 is 0 Å². The fourth-order valence-electron chi connectivity index (χ4n) is 4.26. The van der Waals surface area contributed by atoms with Crippen molar-refractivity contribution in [2.45, 2.75) is 134 Å². The van der Waals surface area contributed by atoms with Gasteiger partial charge in [-0.05, 0) is 64.7 Å². The lowest BCUT2D eigenvalue weighted by Gasteiger charge is -2.26. The minimum atomic E-state index is -0.847. The molecular weight excluding hydrogens is 492 g/mol. The third kappa shape index (κ3) is 24.7. The smallest absolute Gasteiger partial charge is 0.154 e. The number of hydrogen-bond acceptors (Lipinski definition) is 9. The summed E-state index contributed by atoms with van der Waals surface area (Å²) < 4.78 is 24.1. The number of hydrogen-bond donors (Lipinski definition) is 5. The number of ether oxygens (including phenoxy) is 4. The molecule has 38 heavy (non-hydrogen) atoms. The van der Waals surface area contributed by atoms with Crippen LogP contribution in [0.2, 0.25) is 0 Å². The van der Waals surface area contributed by atoms with E-state index in [0.29, 0.717) is 32.8 Å². The van der Waals surface area contributed by atoms with Crippen molar-refractivity contribution in [3.05, 3.63) is 0 Å². The fourth-order valence-corrected chi connectivity index (χ4v) is 4.26. The van der Waals surface area contributed by atoms with E-state index in [-0.39, 0.29) is 44.7 Å². The van der Waals surface area contributed by atoms with Gasteiger partial charge in [0.05, 0.1) is 38.1 Å². The average Bonchev–Trinajstić information content (AvgIpc) is 2.92. The standard InChI is InChI=1S/C29H60O9/c1-2-35-26(15-7-3-11-19-30)23-36-27(16-8-4-12-20-31)24-37-28(17-9-5-13-21-32)25-38-29(34)18-10-6-14-22-33/h26-34H,2-25H2,1H3. The molecule has 0 aromatic carbocycles. The lowest BCUT2D eigenvalue weighted by Crippen LogP contribution is -2.31. The van der Waals surface area contributed by atoms with Crippen LogP contribution >= 0.6 is 0 Å². The third-order valence-corrected chi connectivity index (χ3v) is 6.57. The summed E-state index contributed by atoms with van der Waals surface area (Å²) in [5.74, 6) is 0. The molecule has 0 bridgehead atoms. The predicted octanol–water partition coefficient (Wildman–Crippen LogP) is 3.71. The molecule has 9 nitrogen and oxygen atoms in total. The summed E-state index contributed by atoms with van der Waals surface area (Å²) in [6.45, 7) is 4.57. The molecule has 0 aliphatic carbocycles. The molecule has 0 saturated heterocycles. The van der Waals surface area contributed by atoms with E-state index in [1.807, 2.05) is 6.92 Å². The van der Waals surface area contributed by atoms with Gasteiger partial charge in [-0.25, -0.2) is 0 Å². The summed E-state index contributed by atoms with van der Waals surface area (Å²) in [4.78, 5) is 0. The van der Waals surface area contributed by atoms with Crippen molar-refractivity contribution in [3.63, 3.8) is 0 Å². The molecule has 0 aromatic rings. The fraction of sp³-hybridized carbons (Fsp3) is 1.00. The Kier molecular flexibility index (Phi) is 29.3. The molecule has 0 saturated carbocycles. The van der Waals surface area contributed by atoms with Gasteiger partial charge in [-0.2, -0.15) is 0 Å². The maximum Gasteiger partial charge on any atom is 0.154 e. The Morgan fingerprint density at radius 1 is 0.421 bits per heavy atom. The summed E-state index contributed by atoms with van der Waals surface area (Å²) in [6, 6.07) is 0. The Labute approximate surface area is 231 Å². The molecule has 9 heteroatoms. The molecule has 0 heterocycles. The van der Waals surface area contributed by atoms with Crippen LogP contribution in [0.1, 0.15) is 110 Å². The highest BCUT2D eigenvalue weighted by Gasteiger charge is 2.19. The minimum Gasteiger partial charge on any atom is -0.396 e. The van der Waals surface area contributed by atoms with E-state index in [1.54, 1.807) is 0 Å². The SMILES string of the molecule is CCOC(CCCCCO)COC(CCCCCO)COC(CCCCCO)COC(O)CCCCCO. The van der Waals surface area contributed by atoms with Gasteiger partial charge in [-0.15, -0.1) is 0 Å².